The summed E-state index contributed by atoms with van der Waals surface area (Å²) in [6.07, 6.45) is 12.5. The Labute approximate surface area is 683 Å². The number of fused-ring (bicyclic) bond motifs is 6. The van der Waals surface area contributed by atoms with Crippen LogP contribution in [0.25, 0.3) is 135 Å². The molecule has 12 aromatic heterocycles. The number of pyridine rings is 6. The Morgan fingerprint density at radius 1 is 0.359 bits per heavy atom. The highest BCUT2D eigenvalue weighted by Crippen LogP contribution is 2.37. The molecule has 3 saturated heterocycles. The summed E-state index contributed by atoms with van der Waals surface area (Å²) < 4.78 is 44.5. The average Bonchev–Trinajstić information content (AvgIpc) is 1.64. The van der Waals surface area contributed by atoms with Gasteiger partial charge in [-0.15, -0.1) is 0 Å². The number of anilines is 3. The summed E-state index contributed by atoms with van der Waals surface area (Å²) in [5.41, 5.74) is 18.5. The maximum Gasteiger partial charge on any atom is 0.418 e. The molecule has 117 heavy (non-hydrogen) atoms. The summed E-state index contributed by atoms with van der Waals surface area (Å²) >= 11 is 18.0. The van der Waals surface area contributed by atoms with E-state index in [0.717, 1.165) is 154 Å². The molecule has 3 fully saturated rings. The number of aromatic amines is 6. The minimum Gasteiger partial charge on any atom is -0.392 e. The van der Waals surface area contributed by atoms with E-state index >= 15 is 0 Å². The van der Waals surface area contributed by atoms with Crippen LogP contribution >= 0.6 is 34.8 Å². The summed E-state index contributed by atoms with van der Waals surface area (Å²) in [6.45, 7) is 9.63. The second-order valence-corrected chi connectivity index (χ2v) is 29.1. The number of rotatable bonds is 10. The molecule has 29 heteroatoms. The molecule has 0 unspecified atom stereocenters. The summed E-state index contributed by atoms with van der Waals surface area (Å²) in [5.74, 6) is 4.18. The van der Waals surface area contributed by atoms with Crippen molar-refractivity contribution in [2.75, 3.05) is 67.2 Å². The van der Waals surface area contributed by atoms with Gasteiger partial charge in [0, 0.05) is 104 Å². The van der Waals surface area contributed by atoms with Crippen molar-refractivity contribution in [3.05, 3.63) is 269 Å². The third-order valence-electron chi connectivity index (χ3n) is 19.8. The second-order valence-electron chi connectivity index (χ2n) is 27.9. The maximum absolute atomic E-state index is 13.0. The van der Waals surface area contributed by atoms with Crippen molar-refractivity contribution in [2.24, 2.45) is 0 Å². The fourth-order valence-electron chi connectivity index (χ4n) is 14.0. The first-order valence-electron chi connectivity index (χ1n) is 38.2. The van der Waals surface area contributed by atoms with Crippen LogP contribution < -0.4 is 14.7 Å². The standard InChI is InChI=1S/C17H18N4.C16H16N4O.C16H16N4.C14H10F3N3.C13H10ClN3O.C12H7Cl2N3/c1-4-10-21(11-5-1)13-7-8-14-16(12-13)20-17(19-14)15-6-2-3-9-18-15;1-2-6-17-14(3-1)16-18-13-5-4-12(11-15(13)19-16)20-7-9-21-10-8-20;1-2-8-17-14(5-1)16-18-13-7-6-12(11-15(13)19-16)20-9-3-4-10-20;1-8-6-9(14(15,16)17)12-11(7-8)19-13(20-12)10-4-2-3-5-18-10;14-9-6-12-11(5-8(9)7-18)16-13(17-12)10-3-1-2-4-15-10;13-7-5-8(14)11-10(6-7)16-12(17-11)9-3-1-2-4-15-9/h2-3,6-9,12H,1,4-5,10-11H2,(H,19,20);1-6,11H,7-10H2,(H,18,19);1-2,5-8,11H,3-4,9-10H2,(H,18,19);2-7H,1H3,(H,19,20);1-6,18H,7H2,(H,16,17);1-6H,(H,16,17). The summed E-state index contributed by atoms with van der Waals surface area (Å²) in [5, 5.41) is 10.8. The highest BCUT2D eigenvalue weighted by Gasteiger charge is 2.34. The number of morpholine rings is 1. The molecule has 0 amide bonds. The van der Waals surface area contributed by atoms with Gasteiger partial charge in [0.2, 0.25) is 0 Å². The second kappa shape index (κ2) is 35.8. The number of nitrogens with one attached hydrogen (secondary N) is 6. The number of aryl methyl sites for hydroxylation is 1. The van der Waals surface area contributed by atoms with Crippen molar-refractivity contribution in [1.82, 2.24) is 89.7 Å². The van der Waals surface area contributed by atoms with Crippen molar-refractivity contribution < 1.29 is 23.0 Å². The lowest BCUT2D eigenvalue weighted by atomic mass is 10.1. The van der Waals surface area contributed by atoms with Gasteiger partial charge in [-0.2, -0.15) is 13.2 Å². The van der Waals surface area contributed by atoms with Crippen LogP contribution in [-0.2, 0) is 17.5 Å². The van der Waals surface area contributed by atoms with Gasteiger partial charge in [-0.25, -0.2) is 29.9 Å². The number of aliphatic hydroxyl groups is 1. The van der Waals surface area contributed by atoms with E-state index in [2.05, 4.69) is 159 Å². The predicted octanol–water partition coefficient (Wildman–Crippen LogP) is 20.0. The molecule has 18 aromatic rings. The first kappa shape index (κ1) is 77.9. The number of nitrogens with zero attached hydrogens (tertiary/aromatic N) is 15. The van der Waals surface area contributed by atoms with Gasteiger partial charge >= 0.3 is 6.18 Å². The Morgan fingerprint density at radius 3 is 1.09 bits per heavy atom. The molecule has 0 saturated carbocycles. The van der Waals surface area contributed by atoms with Crippen LogP contribution in [0.15, 0.2) is 237 Å². The van der Waals surface area contributed by atoms with Crippen LogP contribution in [0.1, 0.15) is 48.8 Å². The van der Waals surface area contributed by atoms with Crippen molar-refractivity contribution in [3.63, 3.8) is 0 Å². The molecule has 23 nitrogen and oxygen atoms in total. The molecule has 0 aliphatic carbocycles. The molecule has 0 bridgehead atoms. The molecule has 588 valence electrons. The Bertz CT molecular complexity index is 6220. The zero-order valence-electron chi connectivity index (χ0n) is 63.2. The fourth-order valence-corrected chi connectivity index (χ4v) is 14.7. The lowest BCUT2D eigenvalue weighted by Gasteiger charge is -2.28. The molecule has 15 heterocycles. The number of aliphatic hydroxyl groups excluding tert-OH is 1. The van der Waals surface area contributed by atoms with E-state index in [1.54, 1.807) is 92.6 Å². The molecule has 0 radical (unpaired) electrons. The zero-order chi connectivity index (χ0) is 80.2. The van der Waals surface area contributed by atoms with Crippen LogP contribution in [0, 0.1) is 6.92 Å². The normalized spacial score (nSPS) is 13.5. The smallest absolute Gasteiger partial charge is 0.392 e. The van der Waals surface area contributed by atoms with E-state index in [9.17, 15) is 18.3 Å². The van der Waals surface area contributed by atoms with E-state index in [1.165, 1.54) is 49.2 Å². The zero-order valence-corrected chi connectivity index (χ0v) is 65.5. The minimum absolute atomic E-state index is 0.0799. The number of halogens is 6. The Balaban J connectivity index is 0.000000105. The Morgan fingerprint density at radius 2 is 0.709 bits per heavy atom. The third kappa shape index (κ3) is 18.7. The number of H-pyrrole nitrogens is 6. The van der Waals surface area contributed by atoms with Gasteiger partial charge in [0.25, 0.3) is 0 Å². The van der Waals surface area contributed by atoms with Gasteiger partial charge in [-0.05, 0) is 214 Å². The first-order valence-corrected chi connectivity index (χ1v) is 39.3. The number of alkyl halides is 3. The fraction of sp³-hybridized carbons (Fsp3) is 0.182. The topological polar surface area (TPSA) is 289 Å². The Kier molecular flexibility index (Phi) is 23.9. The SMILES string of the molecule is Cc1cc(C(F)(F)F)c2nc(-c3ccccn3)[nH]c2c1.Clc1cc(Cl)c2nc(-c3ccccn3)[nH]c2c1.OCc1cc2[nH]c(-c3ccccn3)nc2cc1Cl.c1ccc(-c2nc3ccc(N4CCCC4)cc3[nH]2)nc1.c1ccc(-c2nc3ccc(N4CCCCC4)cc3[nH]2)nc1.c1ccc(-c2nc3ccc(N4CCOCC4)cc3[nH]2)nc1. The first-order chi connectivity index (χ1) is 57.2. The lowest BCUT2D eigenvalue weighted by molar-refractivity contribution is -0.136. The molecular formula is C88H77Cl3F3N21O2. The highest BCUT2D eigenvalue weighted by molar-refractivity contribution is 6.38. The van der Waals surface area contributed by atoms with Gasteiger partial charge in [0.05, 0.1) is 85.6 Å². The highest BCUT2D eigenvalue weighted by atomic mass is 35.5. The number of aromatic nitrogens is 18. The third-order valence-corrected chi connectivity index (χ3v) is 20.6. The number of hydrogen-bond acceptors (Lipinski definition) is 17. The largest absolute Gasteiger partial charge is 0.418 e. The number of imidazole rings is 6. The molecule has 0 atom stereocenters. The van der Waals surface area contributed by atoms with Crippen molar-refractivity contribution in [2.45, 2.75) is 51.8 Å². The van der Waals surface area contributed by atoms with Crippen molar-refractivity contribution in [3.8, 4) is 69.1 Å². The minimum atomic E-state index is -4.43. The van der Waals surface area contributed by atoms with Gasteiger partial charge in [-0.1, -0.05) is 71.2 Å². The van der Waals surface area contributed by atoms with E-state index in [0.29, 0.717) is 60.4 Å². The predicted molar refractivity (Wildman–Crippen MR) is 457 cm³/mol. The average molecular weight is 1620 g/mol. The van der Waals surface area contributed by atoms with Gasteiger partial charge in [0.1, 0.15) is 45.2 Å². The van der Waals surface area contributed by atoms with E-state index in [-0.39, 0.29) is 12.1 Å². The molecular weight excluding hydrogens is 1550 g/mol. The van der Waals surface area contributed by atoms with Crippen LogP contribution in [0.4, 0.5) is 30.2 Å². The lowest BCUT2D eigenvalue weighted by Crippen LogP contribution is -2.36. The van der Waals surface area contributed by atoms with E-state index in [4.69, 9.17) is 39.5 Å². The quantitative estimate of drug-likeness (QED) is 0.0670. The summed E-state index contributed by atoms with van der Waals surface area (Å²) in [7, 11) is 0. The molecule has 3 aliphatic rings. The van der Waals surface area contributed by atoms with Gasteiger partial charge in [-0.3, -0.25) is 29.9 Å². The van der Waals surface area contributed by atoms with Crippen LogP contribution in [0.5, 0.6) is 0 Å². The van der Waals surface area contributed by atoms with E-state index in [1.807, 2.05) is 91.0 Å². The van der Waals surface area contributed by atoms with Crippen LogP contribution in [0.2, 0.25) is 15.1 Å². The summed E-state index contributed by atoms with van der Waals surface area (Å²) in [4.78, 5) is 78.9. The molecule has 0 spiro atoms. The Hall–Kier alpha value is -13.0. The maximum atomic E-state index is 13.0. The van der Waals surface area contributed by atoms with Gasteiger partial charge in [0.15, 0.2) is 34.9 Å². The van der Waals surface area contributed by atoms with Crippen molar-refractivity contribution >= 4 is 118 Å². The molecule has 7 N–H and O–H groups in total. The number of piperidine rings is 1. The van der Waals surface area contributed by atoms with Gasteiger partial charge < -0.3 is 54.4 Å². The monoisotopic (exact) mass is 1620 g/mol. The van der Waals surface area contributed by atoms with Crippen molar-refractivity contribution in [1.29, 1.82) is 0 Å². The molecule has 6 aromatic carbocycles. The van der Waals surface area contributed by atoms with E-state index < -0.39 is 11.7 Å². The van der Waals surface area contributed by atoms with Crippen LogP contribution in [-0.4, -0.2) is 147 Å². The number of ether oxygens (including phenoxy) is 1. The summed E-state index contributed by atoms with van der Waals surface area (Å²) in [6, 6.07) is 63.1. The number of benzene rings is 6. The molecule has 3 aliphatic heterocycles. The number of hydrogen-bond donors (Lipinski definition) is 7. The van der Waals surface area contributed by atoms with Crippen LogP contribution in [0.3, 0.4) is 0 Å². The molecule has 21 rings (SSSR count).